The lowest BCUT2D eigenvalue weighted by Gasteiger charge is -2.31. The molecule has 0 radical (unpaired) electrons. The largest absolute Gasteiger partial charge is 0.383 e. The second-order valence-electron chi connectivity index (χ2n) is 5.53. The van der Waals surface area contributed by atoms with Gasteiger partial charge < -0.3 is 15.0 Å². The molecule has 1 unspecified atom stereocenters. The van der Waals surface area contributed by atoms with E-state index in [0.717, 1.165) is 36.6 Å². The number of hydrogen-bond acceptors (Lipinski definition) is 5. The van der Waals surface area contributed by atoms with Gasteiger partial charge in [0.25, 0.3) is 0 Å². The zero-order valence-electron chi connectivity index (χ0n) is 12.7. The normalized spacial score (nSPS) is 18.6. The number of carbonyl (C=O) groups is 1. The summed E-state index contributed by atoms with van der Waals surface area (Å²) in [7, 11) is 1.64. The molecule has 1 aliphatic heterocycles. The van der Waals surface area contributed by atoms with Crippen molar-refractivity contribution in [2.75, 3.05) is 38.3 Å². The highest BCUT2D eigenvalue weighted by molar-refractivity contribution is 7.22. The van der Waals surface area contributed by atoms with Gasteiger partial charge in [0, 0.05) is 26.7 Å². The van der Waals surface area contributed by atoms with Crippen molar-refractivity contribution < 1.29 is 9.53 Å². The molecule has 0 bridgehead atoms. The molecule has 1 aromatic carbocycles. The first-order chi connectivity index (χ1) is 10.8. The number of benzene rings is 1. The number of amides is 1. The number of rotatable bonds is 5. The minimum Gasteiger partial charge on any atom is -0.383 e. The average Bonchev–Trinajstić information content (AvgIpc) is 2.99. The number of nitrogens with zero attached hydrogens (tertiary/aromatic N) is 2. The highest BCUT2D eigenvalue weighted by atomic mass is 32.1. The molecule has 1 atom stereocenters. The predicted octanol–water partition coefficient (Wildman–Crippen LogP) is 2.28. The summed E-state index contributed by atoms with van der Waals surface area (Å²) in [5.41, 5.74) is 1.04. The van der Waals surface area contributed by atoms with Crippen molar-refractivity contribution in [3.05, 3.63) is 24.3 Å². The minimum atomic E-state index is 0.0395. The number of nitrogens with one attached hydrogen (secondary N) is 1. The van der Waals surface area contributed by atoms with Crippen LogP contribution in [0.3, 0.4) is 0 Å². The number of carbonyl (C=O) groups excluding carboxylic acids is 1. The average molecular weight is 319 g/mol. The number of hydrogen-bond donors (Lipinski definition) is 1. The Balaban J connectivity index is 1.66. The van der Waals surface area contributed by atoms with Crippen molar-refractivity contribution >= 4 is 32.6 Å². The summed E-state index contributed by atoms with van der Waals surface area (Å²) in [6.07, 6.45) is 1.97. The second-order valence-corrected chi connectivity index (χ2v) is 6.54. The lowest BCUT2D eigenvalue weighted by molar-refractivity contribution is -0.125. The number of methoxy groups -OCH3 is 1. The van der Waals surface area contributed by atoms with Crippen LogP contribution in [-0.2, 0) is 9.53 Å². The van der Waals surface area contributed by atoms with Gasteiger partial charge in [-0.2, -0.15) is 0 Å². The number of fused-ring (bicyclic) bond motifs is 1. The zero-order valence-corrected chi connectivity index (χ0v) is 13.6. The molecule has 1 amide bonds. The van der Waals surface area contributed by atoms with Crippen LogP contribution in [0.25, 0.3) is 10.2 Å². The summed E-state index contributed by atoms with van der Waals surface area (Å²) in [6.45, 7) is 2.85. The van der Waals surface area contributed by atoms with Gasteiger partial charge in [0.15, 0.2) is 5.13 Å². The zero-order chi connectivity index (χ0) is 15.4. The SMILES string of the molecule is COCCNC(=O)C1CCCN(c2nc3ccccc3s2)C1. The molecule has 3 rings (SSSR count). The van der Waals surface area contributed by atoms with Crippen LogP contribution in [0.15, 0.2) is 24.3 Å². The first-order valence-electron chi connectivity index (χ1n) is 7.65. The molecule has 0 spiro atoms. The molecule has 0 aliphatic carbocycles. The summed E-state index contributed by atoms with van der Waals surface area (Å²) in [6, 6.07) is 8.17. The van der Waals surface area contributed by atoms with Crippen LogP contribution >= 0.6 is 11.3 Å². The van der Waals surface area contributed by atoms with Gasteiger partial charge in [-0.3, -0.25) is 4.79 Å². The Bertz CT molecular complexity index is 610. The van der Waals surface area contributed by atoms with Crippen molar-refractivity contribution in [1.82, 2.24) is 10.3 Å². The molecule has 2 aromatic rings. The van der Waals surface area contributed by atoms with E-state index in [4.69, 9.17) is 9.72 Å². The number of anilines is 1. The van der Waals surface area contributed by atoms with Gasteiger partial charge in [-0.1, -0.05) is 23.5 Å². The monoisotopic (exact) mass is 319 g/mol. The lowest BCUT2D eigenvalue weighted by atomic mass is 9.97. The standard InChI is InChI=1S/C16H21N3O2S/c1-21-10-8-17-15(20)12-5-4-9-19(11-12)16-18-13-6-2-3-7-14(13)22-16/h2-3,6-7,12H,4-5,8-11H2,1H3,(H,17,20). The van der Waals surface area contributed by atoms with Crippen LogP contribution < -0.4 is 10.2 Å². The topological polar surface area (TPSA) is 54.5 Å². The maximum absolute atomic E-state index is 12.2. The van der Waals surface area contributed by atoms with Crippen molar-refractivity contribution in [1.29, 1.82) is 0 Å². The van der Waals surface area contributed by atoms with E-state index in [1.165, 1.54) is 4.70 Å². The van der Waals surface area contributed by atoms with Crippen molar-refractivity contribution in [3.8, 4) is 0 Å². The van der Waals surface area contributed by atoms with Gasteiger partial charge in [-0.05, 0) is 25.0 Å². The predicted molar refractivity (Wildman–Crippen MR) is 89.4 cm³/mol. The Labute approximate surface area is 134 Å². The van der Waals surface area contributed by atoms with Gasteiger partial charge in [0.05, 0.1) is 22.7 Å². The third kappa shape index (κ3) is 3.39. The second kappa shape index (κ2) is 7.07. The van der Waals surface area contributed by atoms with Crippen LogP contribution in [0.1, 0.15) is 12.8 Å². The summed E-state index contributed by atoms with van der Waals surface area (Å²) >= 11 is 1.70. The van der Waals surface area contributed by atoms with Crippen LogP contribution in [0.5, 0.6) is 0 Å². The Morgan fingerprint density at radius 3 is 3.18 bits per heavy atom. The molecular weight excluding hydrogens is 298 g/mol. The molecule has 1 aliphatic rings. The Morgan fingerprint density at radius 2 is 2.36 bits per heavy atom. The van der Waals surface area contributed by atoms with Crippen LogP contribution in [0.4, 0.5) is 5.13 Å². The first kappa shape index (κ1) is 15.2. The van der Waals surface area contributed by atoms with Gasteiger partial charge in [-0.15, -0.1) is 0 Å². The summed E-state index contributed by atoms with van der Waals surface area (Å²) in [4.78, 5) is 19.2. The van der Waals surface area contributed by atoms with E-state index in [0.29, 0.717) is 13.2 Å². The highest BCUT2D eigenvalue weighted by Gasteiger charge is 2.27. The van der Waals surface area contributed by atoms with E-state index in [2.05, 4.69) is 16.3 Å². The maximum atomic E-state index is 12.2. The molecule has 1 saturated heterocycles. The number of ether oxygens (including phenoxy) is 1. The van der Waals surface area contributed by atoms with Crippen LogP contribution in [-0.4, -0.2) is 44.2 Å². The van der Waals surface area contributed by atoms with Gasteiger partial charge in [0.1, 0.15) is 0 Å². The van der Waals surface area contributed by atoms with E-state index >= 15 is 0 Å². The lowest BCUT2D eigenvalue weighted by Crippen LogP contribution is -2.43. The van der Waals surface area contributed by atoms with E-state index in [1.54, 1.807) is 18.4 Å². The van der Waals surface area contributed by atoms with Gasteiger partial charge in [-0.25, -0.2) is 4.98 Å². The molecule has 22 heavy (non-hydrogen) atoms. The minimum absolute atomic E-state index is 0.0395. The fourth-order valence-corrected chi connectivity index (χ4v) is 3.78. The van der Waals surface area contributed by atoms with Crippen LogP contribution in [0, 0.1) is 5.92 Å². The van der Waals surface area contributed by atoms with E-state index in [-0.39, 0.29) is 11.8 Å². The number of aromatic nitrogens is 1. The third-order valence-electron chi connectivity index (χ3n) is 3.95. The van der Waals surface area contributed by atoms with Crippen molar-refractivity contribution in [2.45, 2.75) is 12.8 Å². The smallest absolute Gasteiger partial charge is 0.224 e. The molecule has 5 nitrogen and oxygen atoms in total. The molecule has 1 fully saturated rings. The van der Waals surface area contributed by atoms with Crippen LogP contribution in [0.2, 0.25) is 0 Å². The maximum Gasteiger partial charge on any atom is 0.224 e. The summed E-state index contributed by atoms with van der Waals surface area (Å²) in [5, 5.41) is 3.97. The Hall–Kier alpha value is -1.66. The quantitative estimate of drug-likeness (QED) is 0.859. The third-order valence-corrected chi connectivity index (χ3v) is 5.05. The number of para-hydroxylation sites is 1. The van der Waals surface area contributed by atoms with E-state index in [9.17, 15) is 4.79 Å². The molecule has 2 heterocycles. The van der Waals surface area contributed by atoms with Gasteiger partial charge in [0.2, 0.25) is 5.91 Å². The van der Waals surface area contributed by atoms with Crippen molar-refractivity contribution in [3.63, 3.8) is 0 Å². The highest BCUT2D eigenvalue weighted by Crippen LogP contribution is 2.31. The molecule has 0 saturated carbocycles. The Morgan fingerprint density at radius 1 is 1.50 bits per heavy atom. The number of piperidine rings is 1. The fraction of sp³-hybridized carbons (Fsp3) is 0.500. The molecule has 6 heteroatoms. The van der Waals surface area contributed by atoms with Crippen molar-refractivity contribution in [2.24, 2.45) is 5.92 Å². The van der Waals surface area contributed by atoms with Gasteiger partial charge >= 0.3 is 0 Å². The summed E-state index contributed by atoms with van der Waals surface area (Å²) < 4.78 is 6.17. The fourth-order valence-electron chi connectivity index (χ4n) is 2.78. The van der Waals surface area contributed by atoms with E-state index in [1.807, 2.05) is 18.2 Å². The first-order valence-corrected chi connectivity index (χ1v) is 8.47. The summed E-state index contributed by atoms with van der Waals surface area (Å²) in [5.74, 6) is 0.167. The molecule has 1 aromatic heterocycles. The molecule has 1 N–H and O–H groups in total. The van der Waals surface area contributed by atoms with E-state index < -0.39 is 0 Å². The number of thiazole rings is 1. The Kier molecular flexibility index (Phi) is 4.90. The molecule has 118 valence electrons. The molecular formula is C16H21N3O2S.